The molecule has 120 valence electrons. The van der Waals surface area contributed by atoms with E-state index in [0.717, 1.165) is 12.1 Å². The molecular formula is C15H19NO5S. The maximum Gasteiger partial charge on any atom is 0.252 e. The lowest BCUT2D eigenvalue weighted by Gasteiger charge is -2.15. The van der Waals surface area contributed by atoms with Crippen molar-refractivity contribution in [2.75, 3.05) is 12.0 Å². The van der Waals surface area contributed by atoms with Crippen LogP contribution in [0, 0.1) is 6.92 Å². The van der Waals surface area contributed by atoms with Crippen molar-refractivity contribution in [1.82, 2.24) is 5.32 Å². The van der Waals surface area contributed by atoms with Gasteiger partial charge < -0.3 is 15.5 Å². The van der Waals surface area contributed by atoms with E-state index in [1.807, 2.05) is 6.26 Å². The molecule has 0 saturated heterocycles. The van der Waals surface area contributed by atoms with E-state index in [4.69, 9.17) is 0 Å². The highest BCUT2D eigenvalue weighted by Gasteiger charge is 2.19. The van der Waals surface area contributed by atoms with Crippen LogP contribution in [-0.2, 0) is 4.79 Å². The van der Waals surface area contributed by atoms with Gasteiger partial charge in [0.25, 0.3) is 5.91 Å². The van der Waals surface area contributed by atoms with Gasteiger partial charge in [-0.15, -0.1) is 0 Å². The zero-order valence-electron chi connectivity index (χ0n) is 12.7. The molecule has 1 atom stereocenters. The first-order valence-corrected chi connectivity index (χ1v) is 8.04. The van der Waals surface area contributed by atoms with Gasteiger partial charge in [0.05, 0.1) is 6.04 Å². The van der Waals surface area contributed by atoms with E-state index in [9.17, 15) is 24.6 Å². The molecule has 3 N–H and O–H groups in total. The molecule has 7 heteroatoms. The Kier molecular flexibility index (Phi) is 6.42. The van der Waals surface area contributed by atoms with Crippen LogP contribution in [0.4, 0.5) is 0 Å². The van der Waals surface area contributed by atoms with Gasteiger partial charge in [0.1, 0.15) is 0 Å². The normalized spacial score (nSPS) is 11.8. The minimum atomic E-state index is -0.812. The van der Waals surface area contributed by atoms with Crippen LogP contribution < -0.4 is 10.7 Å². The molecule has 0 heterocycles. The molecule has 22 heavy (non-hydrogen) atoms. The number of aromatic hydroxyl groups is 2. The van der Waals surface area contributed by atoms with Crippen molar-refractivity contribution in [3.05, 3.63) is 33.5 Å². The number of aryl methyl sites for hydroxylation is 1. The first kappa shape index (κ1) is 18.0. The van der Waals surface area contributed by atoms with E-state index < -0.39 is 28.9 Å². The van der Waals surface area contributed by atoms with E-state index in [1.165, 1.54) is 13.8 Å². The highest BCUT2D eigenvalue weighted by atomic mass is 32.2. The van der Waals surface area contributed by atoms with Crippen LogP contribution in [0.15, 0.2) is 16.9 Å². The summed E-state index contributed by atoms with van der Waals surface area (Å²) in [5.41, 5.74) is -0.449. The van der Waals surface area contributed by atoms with Gasteiger partial charge in [-0.3, -0.25) is 14.4 Å². The van der Waals surface area contributed by atoms with E-state index >= 15 is 0 Å². The van der Waals surface area contributed by atoms with E-state index in [0.29, 0.717) is 17.7 Å². The zero-order valence-corrected chi connectivity index (χ0v) is 13.5. The van der Waals surface area contributed by atoms with Crippen molar-refractivity contribution in [2.24, 2.45) is 0 Å². The Morgan fingerprint density at radius 3 is 2.50 bits per heavy atom. The van der Waals surface area contributed by atoms with Crippen molar-refractivity contribution < 1.29 is 19.8 Å². The minimum Gasteiger partial charge on any atom is -0.504 e. The summed E-state index contributed by atoms with van der Waals surface area (Å²) in [4.78, 5) is 35.4. The molecule has 0 unspecified atom stereocenters. The quantitative estimate of drug-likeness (QED) is 0.726. The number of carbonyl (C=O) groups is 2. The average Bonchev–Trinajstić information content (AvgIpc) is 2.55. The predicted molar refractivity (Wildman–Crippen MR) is 85.7 cm³/mol. The number of nitrogens with one attached hydrogen (secondary N) is 1. The van der Waals surface area contributed by atoms with Crippen LogP contribution in [0.2, 0.25) is 0 Å². The molecule has 0 radical (unpaired) electrons. The second kappa shape index (κ2) is 7.84. The molecule has 0 bridgehead atoms. The number of carbonyl (C=O) groups excluding carboxylic acids is 2. The third kappa shape index (κ3) is 4.49. The fraction of sp³-hybridized carbons (Fsp3) is 0.400. The lowest BCUT2D eigenvalue weighted by Crippen LogP contribution is -2.40. The Morgan fingerprint density at radius 2 is 1.95 bits per heavy atom. The molecule has 0 aliphatic carbocycles. The van der Waals surface area contributed by atoms with Crippen molar-refractivity contribution in [3.8, 4) is 11.5 Å². The number of hydrogen-bond donors (Lipinski definition) is 3. The first-order chi connectivity index (χ1) is 10.3. The monoisotopic (exact) mass is 325 g/mol. The third-order valence-corrected chi connectivity index (χ3v) is 3.82. The molecule has 0 aliphatic heterocycles. The molecule has 0 aliphatic rings. The van der Waals surface area contributed by atoms with Gasteiger partial charge in [-0.2, -0.15) is 11.8 Å². The van der Waals surface area contributed by atoms with Crippen LogP contribution in [0.5, 0.6) is 11.5 Å². The average molecular weight is 325 g/mol. The fourth-order valence-corrected chi connectivity index (χ4v) is 2.35. The molecule has 0 spiro atoms. The van der Waals surface area contributed by atoms with Gasteiger partial charge >= 0.3 is 0 Å². The van der Waals surface area contributed by atoms with Gasteiger partial charge in [-0.1, -0.05) is 0 Å². The molecule has 1 rings (SSSR count). The number of ketones is 1. The van der Waals surface area contributed by atoms with Crippen molar-refractivity contribution in [3.63, 3.8) is 0 Å². The lowest BCUT2D eigenvalue weighted by atomic mass is 10.1. The summed E-state index contributed by atoms with van der Waals surface area (Å²) in [7, 11) is 0. The maximum absolute atomic E-state index is 12.3. The SMILES string of the molecule is CSCC[C@H](NC(=O)c1cc(O)c(O)c(=O)cc1C)C(C)=O. The summed E-state index contributed by atoms with van der Waals surface area (Å²) in [6, 6.07) is 1.45. The van der Waals surface area contributed by atoms with Crippen LogP contribution in [0.1, 0.15) is 29.3 Å². The first-order valence-electron chi connectivity index (χ1n) is 6.65. The van der Waals surface area contributed by atoms with Crippen molar-refractivity contribution in [2.45, 2.75) is 26.3 Å². The van der Waals surface area contributed by atoms with Crippen LogP contribution >= 0.6 is 11.8 Å². The topological polar surface area (TPSA) is 104 Å². The second-order valence-electron chi connectivity index (χ2n) is 4.90. The molecule has 0 fully saturated rings. The molecule has 1 amide bonds. The highest BCUT2D eigenvalue weighted by molar-refractivity contribution is 7.98. The smallest absolute Gasteiger partial charge is 0.252 e. The standard InChI is InChI=1S/C15H19NO5S/c1-8-6-12(18)14(20)13(19)7-10(8)15(21)16-11(9(2)17)4-5-22-3/h6-7,11H,4-5H2,1-3H3,(H,16,21)(H2,18,19,20)/t11-/m0/s1. The Hall–Kier alpha value is -2.02. The Balaban J connectivity index is 3.13. The number of amides is 1. The van der Waals surface area contributed by atoms with E-state index in [-0.39, 0.29) is 11.3 Å². The molecule has 6 nitrogen and oxygen atoms in total. The van der Waals surface area contributed by atoms with Crippen LogP contribution in [0.25, 0.3) is 0 Å². The number of Topliss-reactive ketones (excluding diaryl/α,β-unsaturated/α-hetero) is 1. The van der Waals surface area contributed by atoms with E-state index in [1.54, 1.807) is 11.8 Å². The second-order valence-corrected chi connectivity index (χ2v) is 5.89. The Bertz CT molecular complexity index is 645. The summed E-state index contributed by atoms with van der Waals surface area (Å²) >= 11 is 1.56. The number of hydrogen-bond acceptors (Lipinski definition) is 6. The zero-order chi connectivity index (χ0) is 16.9. The van der Waals surface area contributed by atoms with Gasteiger partial charge in [0, 0.05) is 5.56 Å². The highest BCUT2D eigenvalue weighted by Crippen LogP contribution is 2.21. The minimum absolute atomic E-state index is 0.0327. The summed E-state index contributed by atoms with van der Waals surface area (Å²) < 4.78 is 0. The van der Waals surface area contributed by atoms with Crippen molar-refractivity contribution in [1.29, 1.82) is 0 Å². The molecular weight excluding hydrogens is 306 g/mol. The Labute approximate surface area is 132 Å². The summed E-state index contributed by atoms with van der Waals surface area (Å²) in [5.74, 6) is -1.52. The van der Waals surface area contributed by atoms with Gasteiger partial charge in [0.15, 0.2) is 11.5 Å². The number of rotatable bonds is 6. The molecule has 0 aromatic heterocycles. The van der Waals surface area contributed by atoms with E-state index in [2.05, 4.69) is 5.32 Å². The van der Waals surface area contributed by atoms with Gasteiger partial charge in [-0.05, 0) is 50.0 Å². The van der Waals surface area contributed by atoms with Crippen molar-refractivity contribution >= 4 is 23.5 Å². The number of thioether (sulfide) groups is 1. The van der Waals surface area contributed by atoms with Crippen LogP contribution in [0.3, 0.4) is 0 Å². The largest absolute Gasteiger partial charge is 0.504 e. The maximum atomic E-state index is 12.3. The lowest BCUT2D eigenvalue weighted by molar-refractivity contribution is -0.118. The Morgan fingerprint density at radius 1 is 1.32 bits per heavy atom. The summed E-state index contributed by atoms with van der Waals surface area (Å²) in [6.45, 7) is 2.90. The molecule has 1 aromatic carbocycles. The van der Waals surface area contributed by atoms with Gasteiger partial charge in [-0.25, -0.2) is 0 Å². The van der Waals surface area contributed by atoms with Gasteiger partial charge in [0.2, 0.25) is 11.2 Å². The van der Waals surface area contributed by atoms with Crippen LogP contribution in [-0.4, -0.2) is 40.0 Å². The fourth-order valence-electron chi connectivity index (χ4n) is 1.88. The molecule has 1 aromatic rings. The predicted octanol–water partition coefficient (Wildman–Crippen LogP) is 1.21. The third-order valence-electron chi connectivity index (χ3n) is 3.18. The molecule has 0 saturated carbocycles. The summed E-state index contributed by atoms with van der Waals surface area (Å²) in [6.07, 6.45) is 2.39. The summed E-state index contributed by atoms with van der Waals surface area (Å²) in [5, 5.41) is 21.6.